The Hall–Kier alpha value is -1.59. The second kappa shape index (κ2) is 3.45. The van der Waals surface area contributed by atoms with Crippen molar-refractivity contribution in [2.45, 2.75) is 38.8 Å². The highest BCUT2D eigenvalue weighted by Crippen LogP contribution is 2.50. The van der Waals surface area contributed by atoms with E-state index in [0.29, 0.717) is 6.42 Å². The Morgan fingerprint density at radius 1 is 1.41 bits per heavy atom. The van der Waals surface area contributed by atoms with Crippen molar-refractivity contribution in [2.24, 2.45) is 11.8 Å². The molecule has 0 aromatic carbocycles. The van der Waals surface area contributed by atoms with Gasteiger partial charge in [0, 0.05) is 11.8 Å². The summed E-state index contributed by atoms with van der Waals surface area (Å²) in [6, 6.07) is -1.05. The molecule has 0 spiro atoms. The fourth-order valence-electron chi connectivity index (χ4n) is 2.16. The van der Waals surface area contributed by atoms with Gasteiger partial charge in [0.05, 0.1) is 0 Å². The van der Waals surface area contributed by atoms with Crippen LogP contribution in [0.4, 0.5) is 4.79 Å². The number of hydrogen-bond acceptors (Lipinski definition) is 4. The van der Waals surface area contributed by atoms with E-state index in [1.54, 1.807) is 20.8 Å². The Morgan fingerprint density at radius 3 is 2.47 bits per heavy atom. The predicted molar refractivity (Wildman–Crippen MR) is 56.1 cm³/mol. The molecule has 17 heavy (non-hydrogen) atoms. The zero-order chi connectivity index (χ0) is 13.0. The summed E-state index contributed by atoms with van der Waals surface area (Å²) in [5, 5.41) is 9.04. The normalized spacial score (nSPS) is 31.1. The highest BCUT2D eigenvalue weighted by atomic mass is 16.6. The molecule has 1 saturated carbocycles. The third kappa shape index (κ3) is 1.99. The van der Waals surface area contributed by atoms with Crippen LogP contribution >= 0.6 is 0 Å². The average molecular weight is 241 g/mol. The number of carboxylic acids is 1. The summed E-state index contributed by atoms with van der Waals surface area (Å²) in [6.45, 7) is 5.01. The number of piperidine rings is 1. The number of likely N-dealkylation sites (tertiary alicyclic amines) is 1. The molecule has 1 heterocycles. The number of carboxylic acid groups (broad SMARTS) is 1. The first kappa shape index (κ1) is 11.9. The first-order valence-corrected chi connectivity index (χ1v) is 5.51. The van der Waals surface area contributed by atoms with Crippen LogP contribution in [-0.4, -0.2) is 39.6 Å². The summed E-state index contributed by atoms with van der Waals surface area (Å²) in [6.07, 6.45) is -0.295. The molecular formula is C11H15NO5. The molecule has 0 aromatic rings. The maximum absolute atomic E-state index is 11.8. The molecule has 1 aliphatic carbocycles. The van der Waals surface area contributed by atoms with Crippen LogP contribution in [0.1, 0.15) is 27.2 Å². The van der Waals surface area contributed by atoms with Gasteiger partial charge in [-0.1, -0.05) is 0 Å². The van der Waals surface area contributed by atoms with Gasteiger partial charge in [-0.3, -0.25) is 4.79 Å². The van der Waals surface area contributed by atoms with Crippen LogP contribution in [0.5, 0.6) is 0 Å². The molecule has 94 valence electrons. The predicted octanol–water partition coefficient (Wildman–Crippen LogP) is 0.853. The van der Waals surface area contributed by atoms with E-state index in [0.717, 1.165) is 4.90 Å². The molecule has 2 rings (SSSR count). The van der Waals surface area contributed by atoms with E-state index in [4.69, 9.17) is 9.84 Å². The summed E-state index contributed by atoms with van der Waals surface area (Å²) in [7, 11) is 0. The van der Waals surface area contributed by atoms with Crippen molar-refractivity contribution in [3.8, 4) is 0 Å². The number of nitrogens with zero attached hydrogens (tertiary/aromatic N) is 1. The lowest BCUT2D eigenvalue weighted by Gasteiger charge is -2.27. The van der Waals surface area contributed by atoms with Gasteiger partial charge in [0.25, 0.3) is 0 Å². The maximum atomic E-state index is 11.8. The minimum Gasteiger partial charge on any atom is -0.480 e. The van der Waals surface area contributed by atoms with E-state index in [1.165, 1.54) is 0 Å². The second-order valence-corrected chi connectivity index (χ2v) is 5.48. The first-order chi connectivity index (χ1) is 7.72. The summed E-state index contributed by atoms with van der Waals surface area (Å²) >= 11 is 0. The molecule has 6 heteroatoms. The molecule has 6 nitrogen and oxygen atoms in total. The van der Waals surface area contributed by atoms with E-state index in [-0.39, 0.29) is 11.8 Å². The zero-order valence-corrected chi connectivity index (χ0v) is 9.97. The molecule has 1 saturated heterocycles. The topological polar surface area (TPSA) is 83.9 Å². The summed E-state index contributed by atoms with van der Waals surface area (Å²) in [5.74, 6) is -2.10. The highest BCUT2D eigenvalue weighted by molar-refractivity contribution is 6.02. The lowest BCUT2D eigenvalue weighted by molar-refractivity contribution is -0.147. The lowest BCUT2D eigenvalue weighted by atomic mass is 10.2. The van der Waals surface area contributed by atoms with E-state index in [1.807, 2.05) is 0 Å². The standard InChI is InChI=1S/C11H15NO5/c1-11(2,3)17-10(16)12-7(9(14)15)5-4-6(5)8(12)13/h5-7H,4H2,1-3H3,(H,14,15). The fourth-order valence-corrected chi connectivity index (χ4v) is 2.16. The summed E-state index contributed by atoms with van der Waals surface area (Å²) in [4.78, 5) is 35.3. The van der Waals surface area contributed by atoms with E-state index < -0.39 is 29.6 Å². The Morgan fingerprint density at radius 2 is 2.00 bits per heavy atom. The smallest absolute Gasteiger partial charge is 0.417 e. The van der Waals surface area contributed by atoms with E-state index in [9.17, 15) is 14.4 Å². The Bertz CT molecular complexity index is 397. The summed E-state index contributed by atoms with van der Waals surface area (Å²) in [5.41, 5.74) is -0.743. The van der Waals surface area contributed by atoms with E-state index >= 15 is 0 Å². The Labute approximate surface area is 98.5 Å². The van der Waals surface area contributed by atoms with Gasteiger partial charge in [-0.25, -0.2) is 14.5 Å². The number of aliphatic carboxylic acids is 1. The number of carbonyl (C=O) groups excluding carboxylic acids is 2. The van der Waals surface area contributed by atoms with Crippen molar-refractivity contribution in [1.82, 2.24) is 4.90 Å². The third-order valence-corrected chi connectivity index (χ3v) is 2.92. The van der Waals surface area contributed by atoms with Crippen LogP contribution in [0.2, 0.25) is 0 Å². The van der Waals surface area contributed by atoms with Crippen LogP contribution in [0, 0.1) is 11.8 Å². The first-order valence-electron chi connectivity index (χ1n) is 5.51. The zero-order valence-electron chi connectivity index (χ0n) is 9.97. The van der Waals surface area contributed by atoms with Crippen LogP contribution in [0.15, 0.2) is 0 Å². The van der Waals surface area contributed by atoms with Gasteiger partial charge in [-0.2, -0.15) is 0 Å². The maximum Gasteiger partial charge on any atom is 0.417 e. The average Bonchev–Trinajstić information content (AvgIpc) is 2.83. The van der Waals surface area contributed by atoms with Crippen molar-refractivity contribution < 1.29 is 24.2 Å². The molecule has 2 fully saturated rings. The van der Waals surface area contributed by atoms with Crippen molar-refractivity contribution >= 4 is 18.0 Å². The fraction of sp³-hybridized carbons (Fsp3) is 0.727. The van der Waals surface area contributed by atoms with Gasteiger partial charge in [0.15, 0.2) is 0 Å². The van der Waals surface area contributed by atoms with Gasteiger partial charge in [-0.15, -0.1) is 0 Å². The monoisotopic (exact) mass is 241 g/mol. The molecule has 2 amide bonds. The Balaban J connectivity index is 2.16. The number of hydrogen-bond donors (Lipinski definition) is 1. The second-order valence-electron chi connectivity index (χ2n) is 5.48. The minimum absolute atomic E-state index is 0.229. The van der Waals surface area contributed by atoms with Gasteiger partial charge in [-0.05, 0) is 27.2 Å². The summed E-state index contributed by atoms with van der Waals surface area (Å²) < 4.78 is 5.04. The molecule has 0 aromatic heterocycles. The van der Waals surface area contributed by atoms with Crippen LogP contribution < -0.4 is 0 Å². The third-order valence-electron chi connectivity index (χ3n) is 2.92. The lowest BCUT2D eigenvalue weighted by Crippen LogP contribution is -2.47. The molecule has 0 radical (unpaired) electrons. The van der Waals surface area contributed by atoms with Gasteiger partial charge in [0.1, 0.15) is 11.6 Å². The van der Waals surface area contributed by atoms with Crippen molar-refractivity contribution in [3.63, 3.8) is 0 Å². The number of carbonyl (C=O) groups is 3. The van der Waals surface area contributed by atoms with Gasteiger partial charge < -0.3 is 9.84 Å². The molecule has 2 aliphatic rings. The van der Waals surface area contributed by atoms with Crippen LogP contribution in [0.25, 0.3) is 0 Å². The number of fused-ring (bicyclic) bond motifs is 1. The molecule has 1 N–H and O–H groups in total. The number of imide groups is 1. The van der Waals surface area contributed by atoms with Crippen LogP contribution in [-0.2, 0) is 14.3 Å². The molecule has 1 aliphatic heterocycles. The van der Waals surface area contributed by atoms with Gasteiger partial charge >= 0.3 is 12.1 Å². The molecule has 0 bridgehead atoms. The molecule has 3 atom stereocenters. The number of ether oxygens (including phenoxy) is 1. The number of rotatable bonds is 1. The highest BCUT2D eigenvalue weighted by Gasteiger charge is 2.63. The van der Waals surface area contributed by atoms with Crippen LogP contribution in [0.3, 0.4) is 0 Å². The van der Waals surface area contributed by atoms with E-state index in [2.05, 4.69) is 0 Å². The van der Waals surface area contributed by atoms with Gasteiger partial charge in [0.2, 0.25) is 5.91 Å². The van der Waals surface area contributed by atoms with Crippen molar-refractivity contribution in [1.29, 1.82) is 0 Å². The SMILES string of the molecule is CC(C)(C)OC(=O)N1C(=O)C2CC2C1C(=O)O. The minimum atomic E-state index is -1.14. The van der Waals surface area contributed by atoms with Crippen molar-refractivity contribution in [2.75, 3.05) is 0 Å². The quantitative estimate of drug-likeness (QED) is 0.735. The number of amides is 2. The molecule has 3 unspecified atom stereocenters. The Kier molecular flexibility index (Phi) is 2.41. The van der Waals surface area contributed by atoms with Crippen molar-refractivity contribution in [3.05, 3.63) is 0 Å². The largest absolute Gasteiger partial charge is 0.480 e. The molecular weight excluding hydrogens is 226 g/mol.